The number of aliphatic hydroxyl groups is 1. The summed E-state index contributed by atoms with van der Waals surface area (Å²) in [7, 11) is 0. The highest BCUT2D eigenvalue weighted by molar-refractivity contribution is 5.90. The van der Waals surface area contributed by atoms with Crippen LogP contribution in [0.1, 0.15) is 71.4 Å². The molecule has 4 rings (SSSR count). The van der Waals surface area contributed by atoms with Crippen LogP contribution in [0.3, 0.4) is 0 Å². The average molecular weight is 417 g/mol. The largest absolute Gasteiger partial charge is 0.390 e. The van der Waals surface area contributed by atoms with E-state index in [-0.39, 0.29) is 10.8 Å². The van der Waals surface area contributed by atoms with Gasteiger partial charge in [0.2, 0.25) is 0 Å². The van der Waals surface area contributed by atoms with Crippen molar-refractivity contribution in [1.29, 1.82) is 0 Å². The molecule has 2 aliphatic rings. The lowest BCUT2D eigenvalue weighted by molar-refractivity contribution is 0.0663. The molecule has 2 heterocycles. The van der Waals surface area contributed by atoms with E-state index in [1.165, 1.54) is 11.1 Å². The van der Waals surface area contributed by atoms with Crippen molar-refractivity contribution in [2.45, 2.75) is 76.7 Å². The van der Waals surface area contributed by atoms with E-state index >= 15 is 0 Å². The SMILES string of the molecule is CC(CCCC(C)(C)O)CC(C1(C)C=Nc2ccccc21)C1(C)C=Nc2ccccc21. The predicted octanol–water partition coefficient (Wildman–Crippen LogP) is 6.92. The zero-order chi connectivity index (χ0) is 22.3. The van der Waals surface area contributed by atoms with Gasteiger partial charge in [-0.25, -0.2) is 0 Å². The highest BCUT2D eigenvalue weighted by Gasteiger charge is 2.50. The van der Waals surface area contributed by atoms with Crippen LogP contribution in [0.15, 0.2) is 58.5 Å². The van der Waals surface area contributed by atoms with Gasteiger partial charge < -0.3 is 5.11 Å². The summed E-state index contributed by atoms with van der Waals surface area (Å²) in [4.78, 5) is 9.66. The van der Waals surface area contributed by atoms with E-state index in [1.807, 2.05) is 13.8 Å². The Bertz CT molecular complexity index is 935. The Morgan fingerprint density at radius 2 is 1.35 bits per heavy atom. The third-order valence-corrected chi connectivity index (χ3v) is 7.48. The molecule has 3 heteroatoms. The summed E-state index contributed by atoms with van der Waals surface area (Å²) >= 11 is 0. The van der Waals surface area contributed by atoms with Crippen molar-refractivity contribution < 1.29 is 5.11 Å². The van der Waals surface area contributed by atoms with Crippen molar-refractivity contribution in [3.05, 3.63) is 59.7 Å². The first-order valence-corrected chi connectivity index (χ1v) is 11.7. The Hall–Kier alpha value is -2.26. The molecule has 0 radical (unpaired) electrons. The zero-order valence-electron chi connectivity index (χ0n) is 19.6. The molecule has 0 fully saturated rings. The van der Waals surface area contributed by atoms with Gasteiger partial charge in [-0.3, -0.25) is 9.98 Å². The van der Waals surface area contributed by atoms with E-state index in [0.717, 1.165) is 37.1 Å². The lowest BCUT2D eigenvalue weighted by Crippen LogP contribution is -2.46. The Balaban J connectivity index is 1.68. The summed E-state index contributed by atoms with van der Waals surface area (Å²) in [5, 5.41) is 10.1. The Morgan fingerprint density at radius 1 is 0.871 bits per heavy atom. The lowest BCUT2D eigenvalue weighted by atomic mass is 9.57. The van der Waals surface area contributed by atoms with Crippen LogP contribution in [0, 0.1) is 11.8 Å². The molecule has 3 unspecified atom stereocenters. The van der Waals surface area contributed by atoms with Crippen LogP contribution < -0.4 is 0 Å². The first-order valence-electron chi connectivity index (χ1n) is 11.7. The molecule has 164 valence electrons. The molecule has 0 aromatic heterocycles. The first-order chi connectivity index (χ1) is 14.6. The van der Waals surface area contributed by atoms with Gasteiger partial charge in [-0.15, -0.1) is 0 Å². The maximum Gasteiger partial charge on any atom is 0.0667 e. The van der Waals surface area contributed by atoms with Gasteiger partial charge >= 0.3 is 0 Å². The molecule has 1 N–H and O–H groups in total. The van der Waals surface area contributed by atoms with Crippen molar-refractivity contribution in [3.8, 4) is 0 Å². The van der Waals surface area contributed by atoms with Crippen molar-refractivity contribution >= 4 is 23.8 Å². The number of benzene rings is 2. The highest BCUT2D eigenvalue weighted by Crippen LogP contribution is 2.54. The van der Waals surface area contributed by atoms with Crippen molar-refractivity contribution in [3.63, 3.8) is 0 Å². The molecule has 2 aromatic rings. The summed E-state index contributed by atoms with van der Waals surface area (Å²) in [5.74, 6) is 0.875. The minimum Gasteiger partial charge on any atom is -0.390 e. The number of hydrogen-bond donors (Lipinski definition) is 1. The Labute approximate surface area is 187 Å². The summed E-state index contributed by atoms with van der Waals surface area (Å²) in [6.45, 7) is 10.9. The number of rotatable bonds is 8. The third kappa shape index (κ3) is 4.13. The lowest BCUT2D eigenvalue weighted by Gasteiger charge is -2.44. The summed E-state index contributed by atoms with van der Waals surface area (Å²) in [5.41, 5.74) is 3.93. The molecule has 0 bridgehead atoms. The van der Waals surface area contributed by atoms with Gasteiger partial charge in [0.05, 0.1) is 17.0 Å². The summed E-state index contributed by atoms with van der Waals surface area (Å²) < 4.78 is 0. The van der Waals surface area contributed by atoms with Crippen LogP contribution in [0.25, 0.3) is 0 Å². The standard InChI is InChI=1S/C28H36N2O/c1-20(11-10-16-26(2,3)31)17-25(27(4)18-29-23-14-8-6-12-21(23)27)28(5)19-30-24-15-9-7-13-22(24)28/h6-9,12-15,18-20,25,31H,10-11,16-17H2,1-5H3. The van der Waals surface area contributed by atoms with Crippen LogP contribution in [-0.2, 0) is 10.8 Å². The van der Waals surface area contributed by atoms with Crippen molar-refractivity contribution in [2.24, 2.45) is 21.8 Å². The van der Waals surface area contributed by atoms with E-state index in [4.69, 9.17) is 9.98 Å². The van der Waals surface area contributed by atoms with Crippen LogP contribution in [-0.4, -0.2) is 23.1 Å². The zero-order valence-corrected chi connectivity index (χ0v) is 19.6. The second-order valence-electron chi connectivity index (χ2n) is 10.7. The van der Waals surface area contributed by atoms with Crippen LogP contribution in [0.2, 0.25) is 0 Å². The van der Waals surface area contributed by atoms with E-state index in [9.17, 15) is 5.11 Å². The molecular formula is C28H36N2O. The fourth-order valence-electron chi connectivity index (χ4n) is 5.70. The molecule has 0 amide bonds. The molecule has 2 aromatic carbocycles. The van der Waals surface area contributed by atoms with Crippen LogP contribution in [0.4, 0.5) is 11.4 Å². The predicted molar refractivity (Wildman–Crippen MR) is 131 cm³/mol. The minimum atomic E-state index is -0.592. The van der Waals surface area contributed by atoms with Crippen LogP contribution in [0.5, 0.6) is 0 Å². The molecule has 31 heavy (non-hydrogen) atoms. The number of fused-ring (bicyclic) bond motifs is 2. The number of para-hydroxylation sites is 2. The molecular weight excluding hydrogens is 380 g/mol. The second kappa shape index (κ2) is 8.02. The highest BCUT2D eigenvalue weighted by atomic mass is 16.3. The fourth-order valence-corrected chi connectivity index (χ4v) is 5.70. The summed E-state index contributed by atoms with van der Waals surface area (Å²) in [6, 6.07) is 17.2. The second-order valence-corrected chi connectivity index (χ2v) is 10.7. The maximum atomic E-state index is 10.1. The molecule has 3 atom stereocenters. The third-order valence-electron chi connectivity index (χ3n) is 7.48. The van der Waals surface area contributed by atoms with Gasteiger partial charge in [0, 0.05) is 23.3 Å². The van der Waals surface area contributed by atoms with Gasteiger partial charge in [-0.2, -0.15) is 0 Å². The molecule has 0 aliphatic carbocycles. The Kier molecular flexibility index (Phi) is 5.68. The van der Waals surface area contributed by atoms with Crippen molar-refractivity contribution in [2.75, 3.05) is 0 Å². The van der Waals surface area contributed by atoms with Crippen molar-refractivity contribution in [1.82, 2.24) is 0 Å². The van der Waals surface area contributed by atoms with Crippen LogP contribution >= 0.6 is 0 Å². The van der Waals surface area contributed by atoms with Gasteiger partial charge in [0.1, 0.15) is 0 Å². The quantitative estimate of drug-likeness (QED) is 0.499. The van der Waals surface area contributed by atoms with Gasteiger partial charge in [-0.1, -0.05) is 70.0 Å². The number of aliphatic imine (C=N–C) groups is 2. The molecule has 0 saturated carbocycles. The van der Waals surface area contributed by atoms with E-state index in [2.05, 4.69) is 81.7 Å². The summed E-state index contributed by atoms with van der Waals surface area (Å²) in [6.07, 6.45) is 8.45. The number of nitrogens with zero attached hydrogens (tertiary/aromatic N) is 2. The van der Waals surface area contributed by atoms with E-state index < -0.39 is 5.60 Å². The molecule has 3 nitrogen and oxygen atoms in total. The molecule has 2 aliphatic heterocycles. The monoisotopic (exact) mass is 416 g/mol. The van der Waals surface area contributed by atoms with E-state index in [0.29, 0.717) is 11.8 Å². The van der Waals surface area contributed by atoms with E-state index in [1.54, 1.807) is 0 Å². The Morgan fingerprint density at radius 3 is 1.84 bits per heavy atom. The molecule has 0 spiro atoms. The average Bonchev–Trinajstić information content (AvgIpc) is 3.25. The first kappa shape index (κ1) is 22.0. The number of hydrogen-bond acceptors (Lipinski definition) is 3. The normalized spacial score (nSPS) is 26.0. The maximum absolute atomic E-state index is 10.1. The minimum absolute atomic E-state index is 0.153. The fraction of sp³-hybridized carbons (Fsp3) is 0.500. The smallest absolute Gasteiger partial charge is 0.0667 e. The van der Waals surface area contributed by atoms with Gasteiger partial charge in [0.25, 0.3) is 0 Å². The van der Waals surface area contributed by atoms with Gasteiger partial charge in [0.15, 0.2) is 0 Å². The molecule has 0 saturated heterocycles. The van der Waals surface area contributed by atoms with Gasteiger partial charge in [-0.05, 0) is 61.8 Å². The topological polar surface area (TPSA) is 45.0 Å².